The monoisotopic (exact) mass is 340 g/mol. The van der Waals surface area contributed by atoms with E-state index in [4.69, 9.17) is 4.74 Å². The molecule has 130 valence electrons. The largest absolute Gasteiger partial charge is 0.457 e. The van der Waals surface area contributed by atoms with Gasteiger partial charge < -0.3 is 14.7 Å². The lowest BCUT2D eigenvalue weighted by Gasteiger charge is -2.32. The average Bonchev–Trinajstić information content (AvgIpc) is 2.61. The number of hydrogen-bond acceptors (Lipinski definition) is 4. The highest BCUT2D eigenvalue weighted by atomic mass is 16.5. The number of hydrogen-bond donors (Lipinski definition) is 1. The van der Waals surface area contributed by atoms with Gasteiger partial charge in [0.1, 0.15) is 17.2 Å². The molecule has 2 heterocycles. The van der Waals surface area contributed by atoms with Gasteiger partial charge in [-0.05, 0) is 18.2 Å². The zero-order valence-corrected chi connectivity index (χ0v) is 14.3. The lowest BCUT2D eigenvalue weighted by atomic mass is 9.93. The molecule has 0 radical (unpaired) electrons. The van der Waals surface area contributed by atoms with Crippen molar-refractivity contribution in [3.8, 4) is 11.8 Å². The van der Waals surface area contributed by atoms with Crippen molar-refractivity contribution in [2.75, 3.05) is 20.1 Å². The van der Waals surface area contributed by atoms with Crippen LogP contribution in [0.5, 0.6) is 5.75 Å². The summed E-state index contributed by atoms with van der Waals surface area (Å²) in [5, 5.41) is 10.3. The molecular formula is C19H22N3O3+. The Kier molecular flexibility index (Phi) is 6.09. The third-order valence-corrected chi connectivity index (χ3v) is 3.87. The highest BCUT2D eigenvalue weighted by Crippen LogP contribution is 2.23. The van der Waals surface area contributed by atoms with Crippen molar-refractivity contribution in [1.82, 2.24) is 9.88 Å². The number of aromatic nitrogens is 1. The van der Waals surface area contributed by atoms with E-state index < -0.39 is 5.60 Å². The van der Waals surface area contributed by atoms with E-state index in [1.807, 2.05) is 0 Å². The Bertz CT molecular complexity index is 751. The van der Waals surface area contributed by atoms with Crippen LogP contribution in [-0.4, -0.2) is 46.6 Å². The minimum absolute atomic E-state index is 0.200. The number of ether oxygens (including phenoxy) is 1. The van der Waals surface area contributed by atoms with Gasteiger partial charge in [0.25, 0.3) is 13.0 Å². The third kappa shape index (κ3) is 4.78. The quantitative estimate of drug-likeness (QED) is 0.508. The van der Waals surface area contributed by atoms with E-state index in [9.17, 15) is 9.90 Å². The number of piperidine rings is 1. The molecular weight excluding hydrogens is 318 g/mol. The summed E-state index contributed by atoms with van der Waals surface area (Å²) >= 11 is 0. The first-order valence-corrected chi connectivity index (χ1v) is 7.98. The van der Waals surface area contributed by atoms with Gasteiger partial charge in [-0.3, -0.25) is 9.78 Å². The van der Waals surface area contributed by atoms with E-state index in [0.717, 1.165) is 0 Å². The minimum atomic E-state index is -1.06. The number of nitrogens with zero attached hydrogens (tertiary/aromatic N) is 3. The molecule has 0 unspecified atom stereocenters. The Morgan fingerprint density at radius 3 is 2.80 bits per heavy atom. The average molecular weight is 340 g/mol. The summed E-state index contributed by atoms with van der Waals surface area (Å²) < 4.78 is 5.65. The van der Waals surface area contributed by atoms with Gasteiger partial charge in [0.15, 0.2) is 0 Å². The zero-order chi connectivity index (χ0) is 18.3. The highest BCUT2D eigenvalue weighted by Gasteiger charge is 2.37. The van der Waals surface area contributed by atoms with Crippen LogP contribution in [0.25, 0.3) is 4.85 Å². The Morgan fingerprint density at radius 1 is 1.48 bits per heavy atom. The van der Waals surface area contributed by atoms with E-state index in [1.165, 1.54) is 6.20 Å². The maximum Gasteiger partial charge on any atom is 0.307 e. The summed E-state index contributed by atoms with van der Waals surface area (Å²) in [7, 11) is 1.57. The smallest absolute Gasteiger partial charge is 0.307 e. The molecule has 6 heteroatoms. The van der Waals surface area contributed by atoms with Crippen molar-refractivity contribution < 1.29 is 14.6 Å². The predicted octanol–water partition coefficient (Wildman–Crippen LogP) is 2.65. The number of amides is 1. The fourth-order valence-corrected chi connectivity index (χ4v) is 2.55. The Morgan fingerprint density at radius 2 is 2.20 bits per heavy atom. The second-order valence-electron chi connectivity index (χ2n) is 5.65. The third-order valence-electron chi connectivity index (χ3n) is 3.87. The van der Waals surface area contributed by atoms with Gasteiger partial charge in [-0.1, -0.05) is 24.1 Å². The molecule has 0 spiro atoms. The van der Waals surface area contributed by atoms with Crippen LogP contribution in [0.4, 0.5) is 0 Å². The molecule has 1 saturated heterocycles. The van der Waals surface area contributed by atoms with E-state index in [1.54, 1.807) is 42.3 Å². The van der Waals surface area contributed by atoms with Crippen LogP contribution in [0, 0.1) is 6.07 Å². The van der Waals surface area contributed by atoms with Crippen molar-refractivity contribution in [2.45, 2.75) is 18.4 Å². The molecule has 1 aromatic rings. The van der Waals surface area contributed by atoms with E-state index >= 15 is 0 Å². The highest BCUT2D eigenvalue weighted by molar-refractivity contribution is 5.92. The summed E-state index contributed by atoms with van der Waals surface area (Å²) in [6.45, 7) is 8.11. The number of rotatable bonds is 5. The summed E-state index contributed by atoms with van der Waals surface area (Å²) in [4.78, 5) is 22.2. The number of carbonyl (C=O) groups is 1. The SMILES string of the molecule is C=C/C=C(\C=C)Oc1ccnc(C(=O)N2CCC(O)(C#[N+]C)CC2)c1. The van der Waals surface area contributed by atoms with Crippen LogP contribution in [0.2, 0.25) is 0 Å². The van der Waals surface area contributed by atoms with Crippen molar-refractivity contribution in [3.63, 3.8) is 0 Å². The van der Waals surface area contributed by atoms with E-state index in [-0.39, 0.29) is 11.6 Å². The van der Waals surface area contributed by atoms with Crippen molar-refractivity contribution in [3.05, 3.63) is 66.0 Å². The number of allylic oxidation sites excluding steroid dienone is 3. The summed E-state index contributed by atoms with van der Waals surface area (Å²) in [6.07, 6.45) is 7.14. The standard InChI is InChI=1S/C19H22N3O3/c1-4-6-15(5-2)25-16-7-10-21-17(13-16)18(23)22-11-8-19(24,9-12-22)14-20-3/h4-7,10,13,24H,1-2,8-9,11-12H2,3H3/q+1/b15-6+. The van der Waals surface area contributed by atoms with Crippen LogP contribution < -0.4 is 4.74 Å². The molecule has 1 aliphatic heterocycles. The normalized spacial score (nSPS) is 16.4. The lowest BCUT2D eigenvalue weighted by molar-refractivity contribution is 0.0244. The fourth-order valence-electron chi connectivity index (χ4n) is 2.55. The Balaban J connectivity index is 2.09. The van der Waals surface area contributed by atoms with E-state index in [2.05, 4.69) is 29.1 Å². The molecule has 0 saturated carbocycles. The molecule has 0 aromatic carbocycles. The molecule has 1 N–H and O–H groups in total. The molecule has 6 nitrogen and oxygen atoms in total. The molecule has 25 heavy (non-hydrogen) atoms. The van der Waals surface area contributed by atoms with Crippen LogP contribution >= 0.6 is 0 Å². The number of carbonyl (C=O) groups excluding carboxylic acids is 1. The second-order valence-corrected chi connectivity index (χ2v) is 5.65. The van der Waals surface area contributed by atoms with Gasteiger partial charge in [0, 0.05) is 38.2 Å². The van der Waals surface area contributed by atoms with E-state index in [0.29, 0.717) is 37.4 Å². The summed E-state index contributed by atoms with van der Waals surface area (Å²) in [5.41, 5.74) is -0.767. The minimum Gasteiger partial charge on any atom is -0.457 e. The first kappa shape index (κ1) is 18.4. The topological polar surface area (TPSA) is 67.0 Å². The Hall–Kier alpha value is -2.91. The molecule has 1 aromatic heterocycles. The maximum absolute atomic E-state index is 12.6. The Labute approximate surface area is 147 Å². The van der Waals surface area contributed by atoms with Gasteiger partial charge >= 0.3 is 6.07 Å². The molecule has 2 rings (SSSR count). The number of aliphatic hydroxyl groups is 1. The number of likely N-dealkylation sites (tertiary alicyclic amines) is 1. The van der Waals surface area contributed by atoms with Crippen LogP contribution in [0.15, 0.2) is 55.5 Å². The fraction of sp³-hybridized carbons (Fsp3) is 0.316. The van der Waals surface area contributed by atoms with Gasteiger partial charge in [0.2, 0.25) is 5.60 Å². The van der Waals surface area contributed by atoms with Crippen LogP contribution in [0.3, 0.4) is 0 Å². The van der Waals surface area contributed by atoms with Gasteiger partial charge in [-0.15, -0.1) is 0 Å². The molecule has 0 bridgehead atoms. The predicted molar refractivity (Wildman–Crippen MR) is 96.6 cm³/mol. The van der Waals surface area contributed by atoms with Crippen LogP contribution in [-0.2, 0) is 0 Å². The first-order valence-electron chi connectivity index (χ1n) is 7.98. The van der Waals surface area contributed by atoms with Crippen LogP contribution in [0.1, 0.15) is 23.3 Å². The van der Waals surface area contributed by atoms with Gasteiger partial charge in [-0.25, -0.2) is 0 Å². The van der Waals surface area contributed by atoms with Gasteiger partial charge in [0.05, 0.1) is 0 Å². The molecule has 1 fully saturated rings. The first-order chi connectivity index (χ1) is 12.0. The van der Waals surface area contributed by atoms with Crippen molar-refractivity contribution >= 4 is 5.91 Å². The molecule has 1 aliphatic rings. The second kappa shape index (κ2) is 8.27. The van der Waals surface area contributed by atoms with Gasteiger partial charge in [-0.2, -0.15) is 0 Å². The molecule has 0 atom stereocenters. The zero-order valence-electron chi connectivity index (χ0n) is 14.3. The summed E-state index contributed by atoms with van der Waals surface area (Å²) in [5.74, 6) is 0.817. The molecule has 0 aliphatic carbocycles. The van der Waals surface area contributed by atoms with Crippen molar-refractivity contribution in [1.29, 1.82) is 0 Å². The maximum atomic E-state index is 12.6. The molecule has 1 amide bonds. The lowest BCUT2D eigenvalue weighted by Crippen LogP contribution is -2.46. The number of pyridine rings is 1. The summed E-state index contributed by atoms with van der Waals surface area (Å²) in [6, 6.07) is 5.94. The van der Waals surface area contributed by atoms with Crippen molar-refractivity contribution in [2.24, 2.45) is 0 Å².